The van der Waals surface area contributed by atoms with E-state index in [2.05, 4.69) is 5.32 Å². The lowest BCUT2D eigenvalue weighted by atomic mass is 10.1. The number of nitrogens with one attached hydrogen (secondary N) is 1. The number of benzene rings is 1. The topological polar surface area (TPSA) is 113 Å². The number of hydrogen-bond donors (Lipinski definition) is 2. The molecule has 1 fully saturated rings. The van der Waals surface area contributed by atoms with E-state index in [1.54, 1.807) is 19.1 Å². The molecule has 1 aliphatic rings. The molecule has 0 spiro atoms. The Morgan fingerprint density at radius 3 is 2.48 bits per heavy atom. The van der Waals surface area contributed by atoms with E-state index in [9.17, 15) is 18.0 Å². The third kappa shape index (κ3) is 5.06. The molecule has 0 bridgehead atoms. The summed E-state index contributed by atoms with van der Waals surface area (Å²) >= 11 is 0. The van der Waals surface area contributed by atoms with Gasteiger partial charge in [-0.25, -0.2) is 8.42 Å². The van der Waals surface area contributed by atoms with Gasteiger partial charge in [-0.1, -0.05) is 24.6 Å². The molecule has 150 valence electrons. The van der Waals surface area contributed by atoms with Gasteiger partial charge in [0.25, 0.3) is 11.8 Å². The molecule has 9 heteroatoms. The third-order valence-corrected chi connectivity index (χ3v) is 6.42. The summed E-state index contributed by atoms with van der Waals surface area (Å²) in [5.74, 6) is -0.958. The van der Waals surface area contributed by atoms with Gasteiger partial charge >= 0.3 is 0 Å². The molecule has 0 aliphatic carbocycles. The fraction of sp³-hybridized carbons (Fsp3) is 0.556. The molecule has 1 aromatic rings. The van der Waals surface area contributed by atoms with Crippen LogP contribution in [0.1, 0.15) is 35.7 Å². The first-order valence-electron chi connectivity index (χ1n) is 9.16. The summed E-state index contributed by atoms with van der Waals surface area (Å²) in [6.45, 7) is 4.64. The second-order valence-electron chi connectivity index (χ2n) is 6.60. The van der Waals surface area contributed by atoms with Crippen molar-refractivity contribution < 1.29 is 18.0 Å². The van der Waals surface area contributed by atoms with E-state index < -0.39 is 22.1 Å². The highest BCUT2D eigenvalue weighted by Gasteiger charge is 2.43. The highest BCUT2D eigenvalue weighted by molar-refractivity contribution is 7.89. The molecule has 1 atom stereocenters. The summed E-state index contributed by atoms with van der Waals surface area (Å²) in [6, 6.07) is 7.00. The van der Waals surface area contributed by atoms with Gasteiger partial charge in [-0.05, 0) is 31.9 Å². The van der Waals surface area contributed by atoms with Crippen molar-refractivity contribution in [2.24, 2.45) is 5.73 Å². The van der Waals surface area contributed by atoms with E-state index in [4.69, 9.17) is 5.73 Å². The molecule has 0 radical (unpaired) electrons. The zero-order valence-corrected chi connectivity index (χ0v) is 16.7. The molecule has 0 aromatic heterocycles. The maximum Gasteiger partial charge on any atom is 0.259 e. The molecule has 2 amide bonds. The van der Waals surface area contributed by atoms with Crippen molar-refractivity contribution in [3.63, 3.8) is 0 Å². The third-order valence-electron chi connectivity index (χ3n) is 4.40. The van der Waals surface area contributed by atoms with Crippen LogP contribution < -0.4 is 11.1 Å². The Morgan fingerprint density at radius 2 is 1.89 bits per heavy atom. The van der Waals surface area contributed by atoms with Gasteiger partial charge in [0.1, 0.15) is 0 Å². The van der Waals surface area contributed by atoms with Gasteiger partial charge in [0.05, 0.1) is 5.75 Å². The highest BCUT2D eigenvalue weighted by Crippen LogP contribution is 2.22. The number of amides is 2. The Labute approximate surface area is 160 Å². The standard InChI is InChI=1S/C18H28N4O4S/c1-3-13-27(25,26)22-12-4-11-21(17(22)16(23)20-10-9-19)18(24)15-7-5-14(2)6-8-15/h5-8,17H,3-4,9-13,19H2,1-2H3,(H,20,23). The number of carbonyl (C=O) groups is 2. The molecule has 27 heavy (non-hydrogen) atoms. The predicted molar refractivity (Wildman–Crippen MR) is 103 cm³/mol. The SMILES string of the molecule is CCCS(=O)(=O)N1CCCN(C(=O)c2ccc(C)cc2)C1C(=O)NCCN. The van der Waals surface area contributed by atoms with E-state index in [1.165, 1.54) is 4.90 Å². The summed E-state index contributed by atoms with van der Waals surface area (Å²) in [4.78, 5) is 27.1. The Kier molecular flexibility index (Phi) is 7.34. The van der Waals surface area contributed by atoms with Crippen LogP contribution in [0.15, 0.2) is 24.3 Å². The normalized spacial score (nSPS) is 18.3. The molecule has 2 rings (SSSR count). The minimum Gasteiger partial charge on any atom is -0.352 e. The Hall–Kier alpha value is -1.97. The highest BCUT2D eigenvalue weighted by atomic mass is 32.2. The van der Waals surface area contributed by atoms with E-state index in [0.29, 0.717) is 24.9 Å². The lowest BCUT2D eigenvalue weighted by Gasteiger charge is -2.41. The second kappa shape index (κ2) is 9.29. The average molecular weight is 397 g/mol. The Morgan fingerprint density at radius 1 is 1.22 bits per heavy atom. The van der Waals surface area contributed by atoms with Gasteiger partial charge in [-0.3, -0.25) is 9.59 Å². The number of nitrogens with zero attached hydrogens (tertiary/aromatic N) is 2. The number of sulfonamides is 1. The smallest absolute Gasteiger partial charge is 0.259 e. The van der Waals surface area contributed by atoms with Crippen LogP contribution in [0.5, 0.6) is 0 Å². The molecule has 8 nitrogen and oxygen atoms in total. The van der Waals surface area contributed by atoms with Crippen LogP contribution in [0, 0.1) is 6.92 Å². The minimum absolute atomic E-state index is 0.0692. The van der Waals surface area contributed by atoms with Crippen LogP contribution in [0.25, 0.3) is 0 Å². The molecular weight excluding hydrogens is 368 g/mol. The van der Waals surface area contributed by atoms with E-state index in [0.717, 1.165) is 9.87 Å². The van der Waals surface area contributed by atoms with Crippen molar-refractivity contribution in [1.29, 1.82) is 0 Å². The number of aryl methyl sites for hydroxylation is 1. The van der Waals surface area contributed by atoms with Crippen molar-refractivity contribution in [1.82, 2.24) is 14.5 Å². The van der Waals surface area contributed by atoms with Crippen molar-refractivity contribution in [2.45, 2.75) is 32.9 Å². The fourth-order valence-electron chi connectivity index (χ4n) is 3.10. The van der Waals surface area contributed by atoms with Gasteiger partial charge in [-0.2, -0.15) is 4.31 Å². The quantitative estimate of drug-likeness (QED) is 0.688. The van der Waals surface area contributed by atoms with Crippen molar-refractivity contribution >= 4 is 21.8 Å². The second-order valence-corrected chi connectivity index (χ2v) is 8.64. The molecule has 0 saturated carbocycles. The molecule has 1 aromatic carbocycles. The van der Waals surface area contributed by atoms with Gasteiger partial charge in [-0.15, -0.1) is 0 Å². The minimum atomic E-state index is -3.66. The van der Waals surface area contributed by atoms with Crippen LogP contribution in [-0.4, -0.2) is 67.5 Å². The zero-order chi connectivity index (χ0) is 20.0. The summed E-state index contributed by atoms with van der Waals surface area (Å²) < 4.78 is 26.6. The van der Waals surface area contributed by atoms with Gasteiger partial charge in [0.15, 0.2) is 6.17 Å². The lowest BCUT2D eigenvalue weighted by Crippen LogP contribution is -2.63. The number of rotatable bonds is 7. The first kappa shape index (κ1) is 21.3. The summed E-state index contributed by atoms with van der Waals surface area (Å²) in [5.41, 5.74) is 6.88. The molecule has 1 unspecified atom stereocenters. The van der Waals surface area contributed by atoms with Crippen LogP contribution in [0.4, 0.5) is 0 Å². The molecule has 3 N–H and O–H groups in total. The predicted octanol–water partition coefficient (Wildman–Crippen LogP) is 0.284. The van der Waals surface area contributed by atoms with E-state index >= 15 is 0 Å². The van der Waals surface area contributed by atoms with Crippen LogP contribution >= 0.6 is 0 Å². The number of hydrogen-bond acceptors (Lipinski definition) is 5. The van der Waals surface area contributed by atoms with E-state index in [1.807, 2.05) is 19.1 Å². The van der Waals surface area contributed by atoms with Crippen LogP contribution in [0.3, 0.4) is 0 Å². The molecule has 1 heterocycles. The van der Waals surface area contributed by atoms with E-state index in [-0.39, 0.29) is 31.3 Å². The fourth-order valence-corrected chi connectivity index (χ4v) is 4.77. The maximum absolute atomic E-state index is 13.0. The Balaban J connectivity index is 2.38. The monoisotopic (exact) mass is 396 g/mol. The van der Waals surface area contributed by atoms with Crippen molar-refractivity contribution in [3.8, 4) is 0 Å². The summed E-state index contributed by atoms with van der Waals surface area (Å²) in [5, 5.41) is 2.63. The van der Waals surface area contributed by atoms with Gasteiger partial charge < -0.3 is 16.0 Å². The maximum atomic E-state index is 13.0. The Bertz CT molecular complexity index is 764. The summed E-state index contributed by atoms with van der Waals surface area (Å²) in [6.07, 6.45) is -0.293. The number of nitrogens with two attached hydrogens (primary N) is 1. The van der Waals surface area contributed by atoms with Crippen molar-refractivity contribution in [3.05, 3.63) is 35.4 Å². The van der Waals surface area contributed by atoms with Crippen molar-refractivity contribution in [2.75, 3.05) is 31.9 Å². The molecule has 1 saturated heterocycles. The first-order chi connectivity index (χ1) is 12.8. The first-order valence-corrected chi connectivity index (χ1v) is 10.8. The average Bonchev–Trinajstić information content (AvgIpc) is 2.65. The van der Waals surface area contributed by atoms with Crippen LogP contribution in [0.2, 0.25) is 0 Å². The van der Waals surface area contributed by atoms with Crippen LogP contribution in [-0.2, 0) is 14.8 Å². The zero-order valence-electron chi connectivity index (χ0n) is 15.8. The van der Waals surface area contributed by atoms with Gasteiger partial charge in [0, 0.05) is 31.7 Å². The summed E-state index contributed by atoms with van der Waals surface area (Å²) in [7, 11) is -3.66. The molecular formula is C18H28N4O4S. The lowest BCUT2D eigenvalue weighted by molar-refractivity contribution is -0.130. The van der Waals surface area contributed by atoms with Gasteiger partial charge in [0.2, 0.25) is 10.0 Å². The number of carbonyl (C=O) groups excluding carboxylic acids is 2. The largest absolute Gasteiger partial charge is 0.352 e. The molecule has 1 aliphatic heterocycles.